The van der Waals surface area contributed by atoms with Gasteiger partial charge in [-0.05, 0) is 12.2 Å². The molecule has 0 bridgehead atoms. The lowest BCUT2D eigenvalue weighted by Crippen LogP contribution is -2.07. The number of carbonyl (C=O) groups is 1. The molecule has 0 fully saturated rings. The lowest BCUT2D eigenvalue weighted by Gasteiger charge is -1.93. The fourth-order valence-electron chi connectivity index (χ4n) is 0.619. The van der Waals surface area contributed by atoms with Gasteiger partial charge in [0.2, 0.25) is 0 Å². The fraction of sp³-hybridized carbons (Fsp3) is 0.200. The molecule has 0 atom stereocenters. The Balaban J connectivity index is 2.85. The third-order valence-corrected chi connectivity index (χ3v) is 1.38. The number of aliphatic carboxylic acids is 1. The maximum atomic E-state index is 10.1. The van der Waals surface area contributed by atoms with Gasteiger partial charge in [0.15, 0.2) is 4.77 Å². The highest BCUT2D eigenvalue weighted by molar-refractivity contribution is 7.71. The smallest absolute Gasteiger partial charge is 0.323 e. The monoisotopic (exact) mass is 158 g/mol. The first-order chi connectivity index (χ1) is 4.70. The average Bonchev–Trinajstić information content (AvgIpc) is 2.15. The molecule has 54 valence electrons. The summed E-state index contributed by atoms with van der Waals surface area (Å²) in [5.41, 5.74) is 0. The van der Waals surface area contributed by atoms with Crippen molar-refractivity contribution in [3.63, 3.8) is 0 Å². The molecule has 0 saturated carbocycles. The fourth-order valence-corrected chi connectivity index (χ4v) is 0.813. The molecule has 0 aliphatic carbocycles. The molecule has 0 saturated heterocycles. The van der Waals surface area contributed by atoms with Crippen LogP contribution in [0.1, 0.15) is 0 Å². The van der Waals surface area contributed by atoms with Gasteiger partial charge >= 0.3 is 5.97 Å². The number of H-pyrrole nitrogens is 1. The van der Waals surface area contributed by atoms with Crippen LogP contribution in [0, 0.1) is 4.77 Å². The van der Waals surface area contributed by atoms with Gasteiger partial charge in [0.05, 0.1) is 0 Å². The van der Waals surface area contributed by atoms with Crippen molar-refractivity contribution in [2.45, 2.75) is 6.54 Å². The molecule has 1 aromatic heterocycles. The first-order valence-corrected chi connectivity index (χ1v) is 3.06. The maximum absolute atomic E-state index is 10.1. The quantitative estimate of drug-likeness (QED) is 0.620. The van der Waals surface area contributed by atoms with Crippen molar-refractivity contribution in [2.75, 3.05) is 0 Å². The summed E-state index contributed by atoms with van der Waals surface area (Å²) < 4.78 is 1.87. The number of aromatic amines is 1. The minimum atomic E-state index is -0.893. The Hall–Kier alpha value is -1.10. The van der Waals surface area contributed by atoms with Crippen molar-refractivity contribution in [2.24, 2.45) is 0 Å². The molecule has 2 N–H and O–H groups in total. The Morgan fingerprint density at radius 3 is 3.00 bits per heavy atom. The Kier molecular flexibility index (Phi) is 1.86. The molecular formula is C5H6N2O2S. The highest BCUT2D eigenvalue weighted by Gasteiger charge is 1.97. The molecule has 0 aromatic carbocycles. The van der Waals surface area contributed by atoms with Gasteiger partial charge < -0.3 is 14.7 Å². The third kappa shape index (κ3) is 1.44. The van der Waals surface area contributed by atoms with E-state index in [1.54, 1.807) is 12.4 Å². The second-order valence-electron chi connectivity index (χ2n) is 1.79. The van der Waals surface area contributed by atoms with E-state index >= 15 is 0 Å². The van der Waals surface area contributed by atoms with Crippen LogP contribution in [0.4, 0.5) is 0 Å². The summed E-state index contributed by atoms with van der Waals surface area (Å²) in [6.45, 7) is -0.0810. The zero-order valence-corrected chi connectivity index (χ0v) is 5.89. The van der Waals surface area contributed by atoms with Gasteiger partial charge in [-0.2, -0.15) is 0 Å². The van der Waals surface area contributed by atoms with E-state index in [2.05, 4.69) is 4.98 Å². The molecule has 0 aliphatic heterocycles. The van der Waals surface area contributed by atoms with Crippen molar-refractivity contribution in [1.82, 2.24) is 9.55 Å². The number of hydrogen-bond acceptors (Lipinski definition) is 2. The summed E-state index contributed by atoms with van der Waals surface area (Å²) >= 11 is 4.75. The van der Waals surface area contributed by atoms with Gasteiger partial charge in [0.25, 0.3) is 0 Å². The molecule has 1 aromatic rings. The van der Waals surface area contributed by atoms with Crippen LogP contribution in [0.3, 0.4) is 0 Å². The van der Waals surface area contributed by atoms with Gasteiger partial charge in [-0.1, -0.05) is 0 Å². The van der Waals surface area contributed by atoms with E-state index in [0.29, 0.717) is 4.77 Å². The van der Waals surface area contributed by atoms with Gasteiger partial charge in [-0.15, -0.1) is 0 Å². The topological polar surface area (TPSA) is 58.0 Å². The van der Waals surface area contributed by atoms with Crippen LogP contribution >= 0.6 is 12.2 Å². The van der Waals surface area contributed by atoms with E-state index in [4.69, 9.17) is 17.3 Å². The molecule has 0 spiro atoms. The summed E-state index contributed by atoms with van der Waals surface area (Å²) in [6.07, 6.45) is 3.20. The molecule has 1 rings (SSSR count). The highest BCUT2D eigenvalue weighted by Crippen LogP contribution is 1.88. The van der Waals surface area contributed by atoms with E-state index in [1.807, 2.05) is 0 Å². The van der Waals surface area contributed by atoms with E-state index in [0.717, 1.165) is 0 Å². The molecule has 0 unspecified atom stereocenters. The zero-order chi connectivity index (χ0) is 7.56. The Morgan fingerprint density at radius 1 is 1.90 bits per heavy atom. The number of hydrogen-bond donors (Lipinski definition) is 2. The molecule has 1 heterocycles. The van der Waals surface area contributed by atoms with Gasteiger partial charge in [-0.3, -0.25) is 4.79 Å². The summed E-state index contributed by atoms with van der Waals surface area (Å²) in [4.78, 5) is 12.8. The number of nitrogens with zero attached hydrogens (tertiary/aromatic N) is 1. The molecule has 0 radical (unpaired) electrons. The summed E-state index contributed by atoms with van der Waals surface area (Å²) in [6, 6.07) is 0. The Labute approximate surface area is 62.1 Å². The number of nitrogens with one attached hydrogen (secondary N) is 1. The van der Waals surface area contributed by atoms with Crippen LogP contribution in [0.15, 0.2) is 12.4 Å². The average molecular weight is 158 g/mol. The predicted molar refractivity (Wildman–Crippen MR) is 37.3 cm³/mol. The van der Waals surface area contributed by atoms with Gasteiger partial charge in [-0.25, -0.2) is 0 Å². The Bertz CT molecular complexity index is 288. The first kappa shape index (κ1) is 7.01. The van der Waals surface area contributed by atoms with Crippen molar-refractivity contribution < 1.29 is 9.90 Å². The molecule has 0 amide bonds. The second-order valence-corrected chi connectivity index (χ2v) is 2.17. The normalized spacial score (nSPS) is 9.60. The first-order valence-electron chi connectivity index (χ1n) is 2.66. The zero-order valence-electron chi connectivity index (χ0n) is 5.07. The van der Waals surface area contributed by atoms with Crippen LogP contribution < -0.4 is 0 Å². The molecular weight excluding hydrogens is 152 g/mol. The number of imidazole rings is 1. The van der Waals surface area contributed by atoms with Gasteiger partial charge in [0.1, 0.15) is 6.54 Å². The lowest BCUT2D eigenvalue weighted by atomic mass is 10.6. The standard InChI is InChI=1S/C5H6N2O2S/c8-4(9)3-7-2-1-6-5(7)10/h1-2H,3H2,(H,6,10)(H,8,9). The maximum Gasteiger partial charge on any atom is 0.323 e. The molecule has 10 heavy (non-hydrogen) atoms. The second kappa shape index (κ2) is 2.66. The minimum Gasteiger partial charge on any atom is -0.480 e. The van der Waals surface area contributed by atoms with Crippen LogP contribution in [-0.2, 0) is 11.3 Å². The van der Waals surface area contributed by atoms with E-state index < -0.39 is 5.97 Å². The van der Waals surface area contributed by atoms with Crippen LogP contribution in [0.5, 0.6) is 0 Å². The molecule has 4 nitrogen and oxygen atoms in total. The van der Waals surface area contributed by atoms with Crippen LogP contribution in [0.25, 0.3) is 0 Å². The molecule has 5 heteroatoms. The van der Waals surface area contributed by atoms with Gasteiger partial charge in [0, 0.05) is 12.4 Å². The van der Waals surface area contributed by atoms with E-state index in [-0.39, 0.29) is 6.54 Å². The van der Waals surface area contributed by atoms with E-state index in [1.165, 1.54) is 4.57 Å². The highest BCUT2D eigenvalue weighted by atomic mass is 32.1. The summed E-state index contributed by atoms with van der Waals surface area (Å²) in [7, 11) is 0. The number of carboxylic acids is 1. The number of rotatable bonds is 2. The lowest BCUT2D eigenvalue weighted by molar-refractivity contribution is -0.137. The largest absolute Gasteiger partial charge is 0.480 e. The number of aromatic nitrogens is 2. The van der Waals surface area contributed by atoms with Crippen LogP contribution in [-0.4, -0.2) is 20.6 Å². The van der Waals surface area contributed by atoms with Crippen molar-refractivity contribution in [3.8, 4) is 0 Å². The Morgan fingerprint density at radius 2 is 2.60 bits per heavy atom. The van der Waals surface area contributed by atoms with Crippen molar-refractivity contribution in [3.05, 3.63) is 17.2 Å². The van der Waals surface area contributed by atoms with Crippen LogP contribution in [0.2, 0.25) is 0 Å². The SMILES string of the molecule is O=C(O)Cn1cc[nH]c1=S. The summed E-state index contributed by atoms with van der Waals surface area (Å²) in [5, 5.41) is 8.33. The molecule has 0 aliphatic rings. The predicted octanol–water partition coefficient (Wildman–Crippen LogP) is 0.630. The number of carboxylic acid groups (broad SMARTS) is 1. The minimum absolute atomic E-state index is 0.0810. The van der Waals surface area contributed by atoms with Crippen molar-refractivity contribution >= 4 is 18.2 Å². The third-order valence-electron chi connectivity index (χ3n) is 1.03. The van der Waals surface area contributed by atoms with Crippen molar-refractivity contribution in [1.29, 1.82) is 0 Å². The summed E-state index contributed by atoms with van der Waals surface area (Å²) in [5.74, 6) is -0.893. The van der Waals surface area contributed by atoms with E-state index in [9.17, 15) is 4.79 Å².